The van der Waals surface area contributed by atoms with Gasteiger partial charge in [-0.2, -0.15) is 0 Å². The minimum Gasteiger partial charge on any atom is -0.354 e. The summed E-state index contributed by atoms with van der Waals surface area (Å²) in [5.74, 6) is 0. The van der Waals surface area contributed by atoms with E-state index in [2.05, 4.69) is 66.5 Å². The first kappa shape index (κ1) is 12.0. The Morgan fingerprint density at radius 2 is 1.84 bits per heavy atom. The number of rotatable bonds is 4. The highest BCUT2D eigenvalue weighted by atomic mass is 14.7. The number of nitrogens with one attached hydrogen (secondary N) is 1. The van der Waals surface area contributed by atoms with Crippen LogP contribution >= 0.6 is 0 Å². The average molecular weight is 249 g/mol. The predicted molar refractivity (Wildman–Crippen MR) is 84.4 cm³/mol. The summed E-state index contributed by atoms with van der Waals surface area (Å²) in [6.45, 7) is 2.23. The highest BCUT2D eigenvalue weighted by Gasteiger charge is 2.05. The van der Waals surface area contributed by atoms with E-state index in [0.717, 1.165) is 6.42 Å². The zero-order valence-corrected chi connectivity index (χ0v) is 11.3. The second-order valence-electron chi connectivity index (χ2n) is 4.98. The van der Waals surface area contributed by atoms with E-state index in [0.29, 0.717) is 0 Å². The zero-order valence-electron chi connectivity index (χ0n) is 11.3. The van der Waals surface area contributed by atoms with Gasteiger partial charge in [0.2, 0.25) is 0 Å². The smallest absolute Gasteiger partial charge is 0.0470 e. The zero-order chi connectivity index (χ0) is 13.1. The molecule has 0 unspecified atom stereocenters. The van der Waals surface area contributed by atoms with Crippen LogP contribution in [0.3, 0.4) is 0 Å². The number of unbranched alkanes of at least 4 members (excludes halogenated alkanes) is 2. The molecule has 0 bridgehead atoms. The Hall–Kier alpha value is -2.02. The predicted octanol–water partition coefficient (Wildman–Crippen LogP) is 5.52. The van der Waals surface area contributed by atoms with Crippen LogP contribution in [-0.2, 0) is 0 Å². The van der Waals surface area contributed by atoms with Gasteiger partial charge in [-0.05, 0) is 24.1 Å². The monoisotopic (exact) mass is 249 g/mol. The number of aromatic nitrogens is 1. The summed E-state index contributed by atoms with van der Waals surface area (Å²) >= 11 is 0. The first-order valence-electron chi connectivity index (χ1n) is 7.06. The molecule has 1 nitrogen and oxygen atoms in total. The molecule has 0 aliphatic rings. The summed E-state index contributed by atoms with van der Waals surface area (Å²) in [6.07, 6.45) is 8.23. The fourth-order valence-corrected chi connectivity index (χ4v) is 2.60. The Labute approximate surface area is 114 Å². The molecule has 0 saturated heterocycles. The van der Waals surface area contributed by atoms with Crippen LogP contribution in [0.4, 0.5) is 0 Å². The Morgan fingerprint density at radius 3 is 2.74 bits per heavy atom. The van der Waals surface area contributed by atoms with E-state index in [4.69, 9.17) is 0 Å². The molecule has 96 valence electrons. The number of para-hydroxylation sites is 1. The standard InChI is InChI=1S/C18H19N/c1-2-3-4-5-9-14-10-8-13-17-18(14)15-11-6-7-12-16(15)19-17/h5-13,19H,2-4H2,1H3. The Balaban J connectivity index is 2.11. The summed E-state index contributed by atoms with van der Waals surface area (Å²) < 4.78 is 0. The molecule has 0 aliphatic heterocycles. The van der Waals surface area contributed by atoms with E-state index in [1.807, 2.05) is 0 Å². The van der Waals surface area contributed by atoms with Crippen LogP contribution in [0, 0.1) is 0 Å². The van der Waals surface area contributed by atoms with Crippen molar-refractivity contribution in [2.75, 3.05) is 0 Å². The molecule has 0 atom stereocenters. The third-order valence-electron chi connectivity index (χ3n) is 3.58. The van der Waals surface area contributed by atoms with Gasteiger partial charge in [0.05, 0.1) is 0 Å². The minimum atomic E-state index is 1.16. The van der Waals surface area contributed by atoms with Crippen LogP contribution in [0.15, 0.2) is 48.5 Å². The highest BCUT2D eigenvalue weighted by molar-refractivity contribution is 6.10. The maximum atomic E-state index is 3.49. The molecule has 3 rings (SSSR count). The van der Waals surface area contributed by atoms with Gasteiger partial charge in [-0.25, -0.2) is 0 Å². The number of aromatic amines is 1. The number of allylic oxidation sites excluding steroid dienone is 1. The molecular formula is C18H19N. The van der Waals surface area contributed by atoms with Crippen molar-refractivity contribution in [3.63, 3.8) is 0 Å². The van der Waals surface area contributed by atoms with Crippen LogP contribution in [-0.4, -0.2) is 4.98 Å². The summed E-state index contributed by atoms with van der Waals surface area (Å²) in [5.41, 5.74) is 3.75. The second kappa shape index (κ2) is 5.31. The molecule has 19 heavy (non-hydrogen) atoms. The van der Waals surface area contributed by atoms with Gasteiger partial charge in [-0.15, -0.1) is 0 Å². The largest absolute Gasteiger partial charge is 0.354 e. The molecule has 0 aliphatic carbocycles. The van der Waals surface area contributed by atoms with Crippen molar-refractivity contribution in [3.05, 3.63) is 54.1 Å². The van der Waals surface area contributed by atoms with Gasteiger partial charge in [0.15, 0.2) is 0 Å². The van der Waals surface area contributed by atoms with Crippen LogP contribution in [0.2, 0.25) is 0 Å². The third-order valence-corrected chi connectivity index (χ3v) is 3.58. The van der Waals surface area contributed by atoms with E-state index in [9.17, 15) is 0 Å². The molecule has 0 saturated carbocycles. The summed E-state index contributed by atoms with van der Waals surface area (Å²) in [5, 5.41) is 2.65. The fraction of sp³-hybridized carbons (Fsp3) is 0.222. The molecule has 1 heterocycles. The van der Waals surface area contributed by atoms with Gasteiger partial charge in [-0.1, -0.05) is 62.2 Å². The van der Waals surface area contributed by atoms with E-state index in [1.54, 1.807) is 0 Å². The van der Waals surface area contributed by atoms with E-state index in [1.165, 1.54) is 40.2 Å². The van der Waals surface area contributed by atoms with Crippen LogP contribution < -0.4 is 0 Å². The van der Waals surface area contributed by atoms with Crippen LogP contribution in [0.5, 0.6) is 0 Å². The van der Waals surface area contributed by atoms with E-state index < -0.39 is 0 Å². The number of hydrogen-bond donors (Lipinski definition) is 1. The third kappa shape index (κ3) is 2.28. The quantitative estimate of drug-likeness (QED) is 0.585. The second-order valence-corrected chi connectivity index (χ2v) is 4.98. The van der Waals surface area contributed by atoms with Crippen molar-refractivity contribution in [1.82, 2.24) is 4.98 Å². The lowest BCUT2D eigenvalue weighted by molar-refractivity contribution is 0.816. The maximum Gasteiger partial charge on any atom is 0.0470 e. The maximum absolute atomic E-state index is 3.49. The lowest BCUT2D eigenvalue weighted by atomic mass is 10.1. The van der Waals surface area contributed by atoms with Crippen molar-refractivity contribution in [2.45, 2.75) is 26.2 Å². The van der Waals surface area contributed by atoms with Gasteiger partial charge in [-0.3, -0.25) is 0 Å². The lowest BCUT2D eigenvalue weighted by Crippen LogP contribution is -1.75. The van der Waals surface area contributed by atoms with Gasteiger partial charge in [0.25, 0.3) is 0 Å². The summed E-state index contributed by atoms with van der Waals surface area (Å²) in [4.78, 5) is 3.49. The van der Waals surface area contributed by atoms with Gasteiger partial charge < -0.3 is 4.98 Å². The average Bonchev–Trinajstić information content (AvgIpc) is 2.83. The van der Waals surface area contributed by atoms with Crippen molar-refractivity contribution >= 4 is 27.9 Å². The fourth-order valence-electron chi connectivity index (χ4n) is 2.60. The minimum absolute atomic E-state index is 1.16. The molecule has 1 heteroatoms. The Bertz CT molecular complexity index is 719. The first-order chi connectivity index (χ1) is 9.40. The SMILES string of the molecule is CCCCC=Cc1cccc2[nH]c3ccccc3c12. The normalized spacial score (nSPS) is 11.8. The number of benzene rings is 2. The van der Waals surface area contributed by atoms with Crippen molar-refractivity contribution in [3.8, 4) is 0 Å². The lowest BCUT2D eigenvalue weighted by Gasteiger charge is -1.98. The molecule has 0 amide bonds. The van der Waals surface area contributed by atoms with Crippen molar-refractivity contribution < 1.29 is 0 Å². The number of H-pyrrole nitrogens is 1. The first-order valence-corrected chi connectivity index (χ1v) is 7.06. The molecule has 0 spiro atoms. The van der Waals surface area contributed by atoms with E-state index >= 15 is 0 Å². The van der Waals surface area contributed by atoms with Gasteiger partial charge in [0.1, 0.15) is 0 Å². The highest BCUT2D eigenvalue weighted by Crippen LogP contribution is 2.29. The topological polar surface area (TPSA) is 15.8 Å². The van der Waals surface area contributed by atoms with Gasteiger partial charge in [0, 0.05) is 21.8 Å². The van der Waals surface area contributed by atoms with Crippen molar-refractivity contribution in [1.29, 1.82) is 0 Å². The Morgan fingerprint density at radius 1 is 1.00 bits per heavy atom. The molecular weight excluding hydrogens is 230 g/mol. The Kier molecular flexibility index (Phi) is 3.37. The molecule has 0 radical (unpaired) electrons. The molecule has 0 fully saturated rings. The van der Waals surface area contributed by atoms with Crippen molar-refractivity contribution in [2.24, 2.45) is 0 Å². The molecule has 1 N–H and O–H groups in total. The van der Waals surface area contributed by atoms with E-state index in [-0.39, 0.29) is 0 Å². The molecule has 1 aromatic heterocycles. The van der Waals surface area contributed by atoms with Crippen LogP contribution in [0.1, 0.15) is 31.7 Å². The molecule has 3 aromatic rings. The summed E-state index contributed by atoms with van der Waals surface area (Å²) in [7, 11) is 0. The molecule has 2 aromatic carbocycles. The van der Waals surface area contributed by atoms with Crippen LogP contribution in [0.25, 0.3) is 27.9 Å². The summed E-state index contributed by atoms with van der Waals surface area (Å²) in [6, 6.07) is 15.0. The number of hydrogen-bond acceptors (Lipinski definition) is 0. The van der Waals surface area contributed by atoms with Gasteiger partial charge >= 0.3 is 0 Å². The number of fused-ring (bicyclic) bond motifs is 3.